The van der Waals surface area contributed by atoms with E-state index in [2.05, 4.69) is 10.3 Å². The maximum atomic E-state index is 11.6. The molecule has 1 aliphatic rings. The Hall–Kier alpha value is -1.42. The van der Waals surface area contributed by atoms with Crippen LogP contribution in [0, 0.1) is 0 Å². The maximum Gasteiger partial charge on any atom is 0.241 e. The molecule has 2 rings (SSSR count). The van der Waals surface area contributed by atoms with E-state index in [4.69, 9.17) is 5.73 Å². The number of aryl methyl sites for hydroxylation is 2. The van der Waals surface area contributed by atoms with Gasteiger partial charge in [0.1, 0.15) is 0 Å². The number of hydrogen-bond donors (Lipinski definition) is 2. The Morgan fingerprint density at radius 3 is 3.06 bits per heavy atom. The molecule has 0 spiro atoms. The number of amides is 1. The van der Waals surface area contributed by atoms with Gasteiger partial charge in [-0.1, -0.05) is 6.92 Å². The lowest BCUT2D eigenvalue weighted by atomic mass is 9.96. The second-order valence-corrected chi connectivity index (χ2v) is 4.54. The zero-order chi connectivity index (χ0) is 12.3. The van der Waals surface area contributed by atoms with Gasteiger partial charge >= 0.3 is 0 Å². The summed E-state index contributed by atoms with van der Waals surface area (Å²) >= 11 is 0. The highest BCUT2D eigenvalue weighted by atomic mass is 16.2. The van der Waals surface area contributed by atoms with Crippen molar-refractivity contribution in [2.24, 2.45) is 5.73 Å². The second kappa shape index (κ2) is 5.27. The van der Waals surface area contributed by atoms with E-state index in [1.807, 2.05) is 13.0 Å². The maximum absolute atomic E-state index is 11.6. The molecule has 1 aliphatic carbocycles. The topological polar surface area (TPSA) is 68.0 Å². The van der Waals surface area contributed by atoms with Gasteiger partial charge in [-0.05, 0) is 43.7 Å². The van der Waals surface area contributed by atoms with Crippen LogP contribution in [-0.2, 0) is 17.6 Å². The molecule has 0 unspecified atom stereocenters. The minimum absolute atomic E-state index is 0.134. The number of pyridine rings is 1. The summed E-state index contributed by atoms with van der Waals surface area (Å²) < 4.78 is 0. The van der Waals surface area contributed by atoms with Gasteiger partial charge in [-0.2, -0.15) is 0 Å². The van der Waals surface area contributed by atoms with E-state index in [0.29, 0.717) is 6.42 Å². The van der Waals surface area contributed by atoms with E-state index in [-0.39, 0.29) is 5.91 Å². The van der Waals surface area contributed by atoms with Crippen LogP contribution in [0.25, 0.3) is 0 Å². The van der Waals surface area contributed by atoms with Gasteiger partial charge in [-0.25, -0.2) is 0 Å². The van der Waals surface area contributed by atoms with Crippen LogP contribution in [-0.4, -0.2) is 16.9 Å². The van der Waals surface area contributed by atoms with Crippen LogP contribution >= 0.6 is 0 Å². The lowest BCUT2D eigenvalue weighted by Crippen LogP contribution is -2.34. The Morgan fingerprint density at radius 1 is 1.53 bits per heavy atom. The molecule has 1 amide bonds. The van der Waals surface area contributed by atoms with Crippen molar-refractivity contribution in [3.63, 3.8) is 0 Å². The summed E-state index contributed by atoms with van der Waals surface area (Å²) in [5.41, 5.74) is 8.87. The summed E-state index contributed by atoms with van der Waals surface area (Å²) in [6, 6.07) is 1.59. The van der Waals surface area contributed by atoms with Crippen LogP contribution in [0.15, 0.2) is 12.3 Å². The van der Waals surface area contributed by atoms with Gasteiger partial charge in [0.2, 0.25) is 5.91 Å². The highest BCUT2D eigenvalue weighted by Crippen LogP contribution is 2.21. The molecule has 1 aromatic rings. The standard InChI is InChI=1S/C13H19N3O/c1-2-11(14)13(17)16-10-7-9-5-3-4-6-12(9)15-8-10/h7-8,11H,2-6,14H2,1H3,(H,16,17)/t11-/m1/s1. The summed E-state index contributed by atoms with van der Waals surface area (Å²) in [7, 11) is 0. The van der Waals surface area contributed by atoms with Crippen LogP contribution in [0.3, 0.4) is 0 Å². The zero-order valence-corrected chi connectivity index (χ0v) is 10.2. The van der Waals surface area contributed by atoms with Crippen molar-refractivity contribution < 1.29 is 4.79 Å². The minimum Gasteiger partial charge on any atom is -0.323 e. The molecule has 0 aliphatic heterocycles. The largest absolute Gasteiger partial charge is 0.323 e. The van der Waals surface area contributed by atoms with Crippen molar-refractivity contribution in [1.82, 2.24) is 4.98 Å². The monoisotopic (exact) mass is 233 g/mol. The smallest absolute Gasteiger partial charge is 0.241 e. The molecule has 0 saturated carbocycles. The number of hydrogen-bond acceptors (Lipinski definition) is 3. The number of fused-ring (bicyclic) bond motifs is 1. The third-order valence-electron chi connectivity index (χ3n) is 3.21. The molecule has 0 aromatic carbocycles. The Kier molecular flexibility index (Phi) is 3.74. The van der Waals surface area contributed by atoms with Crippen molar-refractivity contribution in [3.8, 4) is 0 Å². The molecule has 0 radical (unpaired) electrons. The summed E-state index contributed by atoms with van der Waals surface area (Å²) in [6.45, 7) is 1.90. The van der Waals surface area contributed by atoms with E-state index in [1.165, 1.54) is 24.1 Å². The third kappa shape index (κ3) is 2.82. The predicted octanol–water partition coefficient (Wildman–Crippen LogP) is 1.64. The molecule has 1 atom stereocenters. The molecule has 4 heteroatoms. The number of carbonyl (C=O) groups excluding carboxylic acids is 1. The van der Waals surface area contributed by atoms with Crippen LogP contribution < -0.4 is 11.1 Å². The van der Waals surface area contributed by atoms with Gasteiger partial charge in [0.05, 0.1) is 17.9 Å². The van der Waals surface area contributed by atoms with E-state index in [1.54, 1.807) is 6.20 Å². The molecule has 0 saturated heterocycles. The van der Waals surface area contributed by atoms with E-state index in [0.717, 1.165) is 18.5 Å². The highest BCUT2D eigenvalue weighted by Gasteiger charge is 2.14. The minimum atomic E-state index is -0.439. The SMILES string of the molecule is CC[C@@H](N)C(=O)Nc1cnc2c(c1)CCCC2. The first kappa shape index (κ1) is 12.0. The fourth-order valence-electron chi connectivity index (χ4n) is 2.08. The molecule has 0 bridgehead atoms. The molecule has 1 heterocycles. The first-order chi connectivity index (χ1) is 8.20. The molecule has 1 aromatic heterocycles. The quantitative estimate of drug-likeness (QED) is 0.834. The Bertz CT molecular complexity index is 417. The van der Waals surface area contributed by atoms with Crippen molar-refractivity contribution in [1.29, 1.82) is 0 Å². The number of nitrogens with one attached hydrogen (secondary N) is 1. The number of rotatable bonds is 3. The molecular formula is C13H19N3O. The lowest BCUT2D eigenvalue weighted by molar-refractivity contribution is -0.117. The molecule has 3 N–H and O–H groups in total. The number of nitrogens with two attached hydrogens (primary N) is 1. The predicted molar refractivity (Wildman–Crippen MR) is 67.8 cm³/mol. The third-order valence-corrected chi connectivity index (χ3v) is 3.21. The number of nitrogens with zero attached hydrogens (tertiary/aromatic N) is 1. The van der Waals surface area contributed by atoms with Crippen molar-refractivity contribution in [2.75, 3.05) is 5.32 Å². The number of anilines is 1. The summed E-state index contributed by atoms with van der Waals surface area (Å²) in [5.74, 6) is -0.134. The number of aromatic nitrogens is 1. The molecule has 92 valence electrons. The first-order valence-corrected chi connectivity index (χ1v) is 6.25. The van der Waals surface area contributed by atoms with Gasteiger partial charge in [0.25, 0.3) is 0 Å². The Labute approximate surface area is 102 Å². The van der Waals surface area contributed by atoms with Gasteiger partial charge in [0.15, 0.2) is 0 Å². The van der Waals surface area contributed by atoms with Crippen molar-refractivity contribution >= 4 is 11.6 Å². The van der Waals surface area contributed by atoms with Gasteiger partial charge in [-0.15, -0.1) is 0 Å². The summed E-state index contributed by atoms with van der Waals surface area (Å²) in [5, 5.41) is 2.82. The summed E-state index contributed by atoms with van der Waals surface area (Å²) in [6.07, 6.45) is 6.91. The summed E-state index contributed by atoms with van der Waals surface area (Å²) in [4.78, 5) is 16.0. The molecule has 0 fully saturated rings. The molecule has 4 nitrogen and oxygen atoms in total. The Balaban J connectivity index is 2.09. The van der Waals surface area contributed by atoms with Gasteiger partial charge < -0.3 is 11.1 Å². The van der Waals surface area contributed by atoms with Crippen LogP contribution in [0.5, 0.6) is 0 Å². The van der Waals surface area contributed by atoms with Crippen molar-refractivity contribution in [2.45, 2.75) is 45.1 Å². The van der Waals surface area contributed by atoms with Crippen LogP contribution in [0.1, 0.15) is 37.4 Å². The Morgan fingerprint density at radius 2 is 2.29 bits per heavy atom. The van der Waals surface area contributed by atoms with Crippen LogP contribution in [0.2, 0.25) is 0 Å². The van der Waals surface area contributed by atoms with E-state index in [9.17, 15) is 4.79 Å². The highest BCUT2D eigenvalue weighted by molar-refractivity contribution is 5.94. The van der Waals surface area contributed by atoms with E-state index >= 15 is 0 Å². The van der Waals surface area contributed by atoms with E-state index < -0.39 is 6.04 Å². The first-order valence-electron chi connectivity index (χ1n) is 6.25. The normalized spacial score (nSPS) is 16.1. The van der Waals surface area contributed by atoms with Gasteiger partial charge in [-0.3, -0.25) is 9.78 Å². The molecule has 17 heavy (non-hydrogen) atoms. The van der Waals surface area contributed by atoms with Crippen molar-refractivity contribution in [3.05, 3.63) is 23.5 Å². The average molecular weight is 233 g/mol. The van der Waals surface area contributed by atoms with Gasteiger partial charge in [0, 0.05) is 5.69 Å². The lowest BCUT2D eigenvalue weighted by Gasteiger charge is -2.16. The zero-order valence-electron chi connectivity index (χ0n) is 10.2. The second-order valence-electron chi connectivity index (χ2n) is 4.54. The average Bonchev–Trinajstić information content (AvgIpc) is 2.37. The fourth-order valence-corrected chi connectivity index (χ4v) is 2.08. The van der Waals surface area contributed by atoms with Crippen LogP contribution in [0.4, 0.5) is 5.69 Å². The number of carbonyl (C=O) groups is 1. The fraction of sp³-hybridized carbons (Fsp3) is 0.538. The molecular weight excluding hydrogens is 214 g/mol.